The summed E-state index contributed by atoms with van der Waals surface area (Å²) in [5.41, 5.74) is 2.21. The highest BCUT2D eigenvalue weighted by atomic mass is 19.1. The maximum atomic E-state index is 13.0. The highest BCUT2D eigenvalue weighted by Crippen LogP contribution is 2.21. The fourth-order valence-corrected chi connectivity index (χ4v) is 2.25. The molecule has 21 heavy (non-hydrogen) atoms. The van der Waals surface area contributed by atoms with Gasteiger partial charge in [0.2, 0.25) is 0 Å². The van der Waals surface area contributed by atoms with Crippen molar-refractivity contribution in [2.45, 2.75) is 13.0 Å². The lowest BCUT2D eigenvalue weighted by Crippen LogP contribution is -2.28. The van der Waals surface area contributed by atoms with Crippen molar-refractivity contribution in [1.82, 2.24) is 20.3 Å². The third-order valence-electron chi connectivity index (χ3n) is 3.27. The predicted octanol–water partition coefficient (Wildman–Crippen LogP) is 1.11. The second-order valence-electron chi connectivity index (χ2n) is 4.60. The standard InChI is InChI=1S/C14H13FN4O2/c1-21-14(20)12-9-4-5-16-7-11(9)18-13(19-12)10-3-2-8(15)6-17-10/h2-3,6,16H,4-5,7H2,1H3. The number of ether oxygens (including phenoxy) is 1. The second-order valence-corrected chi connectivity index (χ2v) is 4.60. The molecule has 0 unspecified atom stereocenters. The Labute approximate surface area is 120 Å². The zero-order chi connectivity index (χ0) is 14.8. The largest absolute Gasteiger partial charge is 0.464 e. The Morgan fingerprint density at radius 3 is 2.95 bits per heavy atom. The molecule has 0 aliphatic carbocycles. The zero-order valence-corrected chi connectivity index (χ0v) is 11.4. The lowest BCUT2D eigenvalue weighted by atomic mass is 10.0. The van der Waals surface area contributed by atoms with E-state index in [9.17, 15) is 9.18 Å². The van der Waals surface area contributed by atoms with Crippen molar-refractivity contribution in [2.75, 3.05) is 13.7 Å². The highest BCUT2D eigenvalue weighted by molar-refractivity contribution is 5.89. The van der Waals surface area contributed by atoms with Gasteiger partial charge in [0.25, 0.3) is 0 Å². The van der Waals surface area contributed by atoms with Crippen molar-refractivity contribution in [1.29, 1.82) is 0 Å². The van der Waals surface area contributed by atoms with E-state index in [2.05, 4.69) is 20.3 Å². The number of esters is 1. The van der Waals surface area contributed by atoms with Crippen molar-refractivity contribution in [3.05, 3.63) is 41.1 Å². The van der Waals surface area contributed by atoms with Crippen LogP contribution < -0.4 is 5.32 Å². The lowest BCUT2D eigenvalue weighted by molar-refractivity contribution is 0.0592. The van der Waals surface area contributed by atoms with Crippen LogP contribution in [0.3, 0.4) is 0 Å². The van der Waals surface area contributed by atoms with Gasteiger partial charge in [0.15, 0.2) is 11.5 Å². The molecule has 3 heterocycles. The first-order chi connectivity index (χ1) is 10.2. The molecule has 2 aromatic rings. The van der Waals surface area contributed by atoms with E-state index in [1.807, 2.05) is 0 Å². The second kappa shape index (κ2) is 5.53. The van der Waals surface area contributed by atoms with Gasteiger partial charge >= 0.3 is 5.97 Å². The maximum absolute atomic E-state index is 13.0. The SMILES string of the molecule is COC(=O)c1nc(-c2ccc(F)cn2)nc2c1CCNC2. The molecule has 0 radical (unpaired) electrons. The Kier molecular flexibility index (Phi) is 3.57. The lowest BCUT2D eigenvalue weighted by Gasteiger charge is -2.18. The average Bonchev–Trinajstić information content (AvgIpc) is 2.53. The average molecular weight is 288 g/mol. The number of hydrogen-bond acceptors (Lipinski definition) is 6. The molecule has 1 N–H and O–H groups in total. The van der Waals surface area contributed by atoms with Gasteiger partial charge in [-0.15, -0.1) is 0 Å². The fourth-order valence-electron chi connectivity index (χ4n) is 2.25. The molecule has 3 rings (SSSR count). The number of carbonyl (C=O) groups excluding carboxylic acids is 1. The van der Waals surface area contributed by atoms with Gasteiger partial charge in [-0.05, 0) is 25.1 Å². The molecule has 0 bridgehead atoms. The van der Waals surface area contributed by atoms with E-state index < -0.39 is 11.8 Å². The summed E-state index contributed by atoms with van der Waals surface area (Å²) >= 11 is 0. The summed E-state index contributed by atoms with van der Waals surface area (Å²) in [5.74, 6) is -0.650. The van der Waals surface area contributed by atoms with Crippen LogP contribution in [0, 0.1) is 5.82 Å². The first-order valence-electron chi connectivity index (χ1n) is 6.50. The van der Waals surface area contributed by atoms with Gasteiger partial charge in [0.1, 0.15) is 11.5 Å². The van der Waals surface area contributed by atoms with Crippen LogP contribution in [-0.2, 0) is 17.7 Å². The third-order valence-corrected chi connectivity index (χ3v) is 3.27. The van der Waals surface area contributed by atoms with E-state index in [-0.39, 0.29) is 11.5 Å². The van der Waals surface area contributed by atoms with Crippen molar-refractivity contribution in [2.24, 2.45) is 0 Å². The molecule has 6 nitrogen and oxygen atoms in total. The van der Waals surface area contributed by atoms with Crippen LogP contribution in [0.15, 0.2) is 18.3 Å². The van der Waals surface area contributed by atoms with Crippen LogP contribution in [0.2, 0.25) is 0 Å². The summed E-state index contributed by atoms with van der Waals surface area (Å²) < 4.78 is 17.7. The number of methoxy groups -OCH3 is 1. The van der Waals surface area contributed by atoms with Crippen LogP contribution in [0.1, 0.15) is 21.7 Å². The van der Waals surface area contributed by atoms with Crippen LogP contribution in [0.5, 0.6) is 0 Å². The van der Waals surface area contributed by atoms with Crippen molar-refractivity contribution in [3.8, 4) is 11.5 Å². The van der Waals surface area contributed by atoms with Gasteiger partial charge in [-0.3, -0.25) is 0 Å². The van der Waals surface area contributed by atoms with Crippen molar-refractivity contribution in [3.63, 3.8) is 0 Å². The molecule has 0 saturated carbocycles. The summed E-state index contributed by atoms with van der Waals surface area (Å²) in [6.07, 6.45) is 1.76. The van der Waals surface area contributed by atoms with Gasteiger partial charge in [0, 0.05) is 12.1 Å². The molecule has 0 fully saturated rings. The Morgan fingerprint density at radius 1 is 1.38 bits per heavy atom. The van der Waals surface area contributed by atoms with Gasteiger partial charge in [-0.1, -0.05) is 0 Å². The number of rotatable bonds is 2. The number of halogens is 1. The van der Waals surface area contributed by atoms with E-state index in [1.165, 1.54) is 19.2 Å². The van der Waals surface area contributed by atoms with Gasteiger partial charge in [-0.2, -0.15) is 0 Å². The van der Waals surface area contributed by atoms with Crippen molar-refractivity contribution >= 4 is 5.97 Å². The van der Waals surface area contributed by atoms with E-state index in [0.717, 1.165) is 24.0 Å². The summed E-state index contributed by atoms with van der Waals surface area (Å²) in [7, 11) is 1.31. The van der Waals surface area contributed by atoms with Crippen LogP contribution in [0.25, 0.3) is 11.5 Å². The van der Waals surface area contributed by atoms with Crippen LogP contribution in [0.4, 0.5) is 4.39 Å². The summed E-state index contributed by atoms with van der Waals surface area (Å²) in [6.45, 7) is 1.31. The van der Waals surface area contributed by atoms with E-state index in [0.29, 0.717) is 18.7 Å². The number of aromatic nitrogens is 3. The summed E-state index contributed by atoms with van der Waals surface area (Å²) in [6, 6.07) is 2.76. The number of nitrogens with one attached hydrogen (secondary N) is 1. The molecule has 2 aromatic heterocycles. The number of hydrogen-bond donors (Lipinski definition) is 1. The third kappa shape index (κ3) is 2.59. The minimum absolute atomic E-state index is 0.255. The summed E-state index contributed by atoms with van der Waals surface area (Å²) in [5, 5.41) is 3.19. The monoisotopic (exact) mass is 288 g/mol. The molecule has 0 spiro atoms. The molecule has 7 heteroatoms. The Balaban J connectivity index is 2.13. The van der Waals surface area contributed by atoms with Crippen LogP contribution >= 0.6 is 0 Å². The van der Waals surface area contributed by atoms with Gasteiger partial charge < -0.3 is 10.1 Å². The number of nitrogens with zero attached hydrogens (tertiary/aromatic N) is 3. The molecule has 0 aromatic carbocycles. The molecule has 0 saturated heterocycles. The van der Waals surface area contributed by atoms with Gasteiger partial charge in [0.05, 0.1) is 19.0 Å². The predicted molar refractivity (Wildman–Crippen MR) is 72.0 cm³/mol. The molecular weight excluding hydrogens is 275 g/mol. The number of pyridine rings is 1. The molecule has 0 atom stereocenters. The minimum Gasteiger partial charge on any atom is -0.464 e. The van der Waals surface area contributed by atoms with Crippen molar-refractivity contribution < 1.29 is 13.9 Å². The van der Waals surface area contributed by atoms with E-state index in [4.69, 9.17) is 4.74 Å². The fraction of sp³-hybridized carbons (Fsp3) is 0.286. The maximum Gasteiger partial charge on any atom is 0.357 e. The van der Waals surface area contributed by atoms with E-state index >= 15 is 0 Å². The highest BCUT2D eigenvalue weighted by Gasteiger charge is 2.23. The first-order valence-corrected chi connectivity index (χ1v) is 6.50. The molecular formula is C14H13FN4O2. The quantitative estimate of drug-likeness (QED) is 0.834. The number of fused-ring (bicyclic) bond motifs is 1. The Bertz CT molecular complexity index is 688. The Morgan fingerprint density at radius 2 is 2.24 bits per heavy atom. The number of carbonyl (C=O) groups is 1. The normalized spacial score (nSPS) is 13.6. The van der Waals surface area contributed by atoms with Crippen LogP contribution in [-0.4, -0.2) is 34.6 Å². The van der Waals surface area contributed by atoms with Gasteiger partial charge in [-0.25, -0.2) is 24.1 Å². The molecule has 1 aliphatic heterocycles. The first kappa shape index (κ1) is 13.6. The Hall–Kier alpha value is -2.41. The smallest absolute Gasteiger partial charge is 0.357 e. The summed E-state index contributed by atoms with van der Waals surface area (Å²) in [4.78, 5) is 24.5. The molecule has 108 valence electrons. The molecule has 0 amide bonds. The minimum atomic E-state index is -0.501. The molecule has 1 aliphatic rings. The topological polar surface area (TPSA) is 77.0 Å². The zero-order valence-electron chi connectivity index (χ0n) is 11.4. The van der Waals surface area contributed by atoms with E-state index in [1.54, 1.807) is 0 Å².